The van der Waals surface area contributed by atoms with Crippen LogP contribution >= 0.6 is 0 Å². The van der Waals surface area contributed by atoms with Gasteiger partial charge in [0, 0.05) is 24.5 Å². The van der Waals surface area contributed by atoms with Crippen molar-refractivity contribution >= 4 is 22.8 Å². The number of carbonyl (C=O) groups excluding carboxylic acids is 1. The van der Waals surface area contributed by atoms with Crippen molar-refractivity contribution in [1.29, 1.82) is 0 Å². The van der Waals surface area contributed by atoms with Crippen LogP contribution in [0.4, 0.5) is 5.82 Å². The molecule has 6 heteroatoms. The fraction of sp³-hybridized carbons (Fsp3) is 0.176. The number of benzene rings is 1. The van der Waals surface area contributed by atoms with E-state index in [0.717, 1.165) is 11.9 Å². The maximum atomic E-state index is 12.6. The minimum atomic E-state index is -0.379. The van der Waals surface area contributed by atoms with E-state index in [9.17, 15) is 9.59 Å². The van der Waals surface area contributed by atoms with E-state index < -0.39 is 0 Å². The van der Waals surface area contributed by atoms with Crippen molar-refractivity contribution in [3.8, 4) is 0 Å². The molecule has 116 valence electrons. The fourth-order valence-corrected chi connectivity index (χ4v) is 2.40. The van der Waals surface area contributed by atoms with Crippen molar-refractivity contribution in [2.45, 2.75) is 19.9 Å². The maximum absolute atomic E-state index is 12.6. The third kappa shape index (κ3) is 2.96. The van der Waals surface area contributed by atoms with Crippen LogP contribution in [0.15, 0.2) is 53.6 Å². The molecular weight excluding hydrogens is 292 g/mol. The lowest BCUT2D eigenvalue weighted by Gasteiger charge is -2.11. The van der Waals surface area contributed by atoms with E-state index in [4.69, 9.17) is 0 Å². The quantitative estimate of drug-likeness (QED) is 0.803. The number of aromatic nitrogens is 3. The largest absolute Gasteiger partial charge is 0.304 e. The van der Waals surface area contributed by atoms with Crippen LogP contribution in [0.2, 0.25) is 0 Å². The highest BCUT2D eigenvalue weighted by atomic mass is 16.2. The Balaban J connectivity index is 2.06. The van der Waals surface area contributed by atoms with Crippen molar-refractivity contribution in [3.05, 3.63) is 64.7 Å². The van der Waals surface area contributed by atoms with Crippen LogP contribution in [-0.4, -0.2) is 20.4 Å². The molecule has 0 saturated carbocycles. The monoisotopic (exact) mass is 308 g/mol. The molecule has 0 bridgehead atoms. The van der Waals surface area contributed by atoms with E-state index in [0.29, 0.717) is 17.6 Å². The van der Waals surface area contributed by atoms with Crippen molar-refractivity contribution in [3.63, 3.8) is 0 Å². The van der Waals surface area contributed by atoms with E-state index in [2.05, 4.69) is 15.3 Å². The van der Waals surface area contributed by atoms with Gasteiger partial charge >= 0.3 is 0 Å². The highest BCUT2D eigenvalue weighted by Crippen LogP contribution is 2.13. The van der Waals surface area contributed by atoms with Gasteiger partial charge in [-0.05, 0) is 30.7 Å². The smallest absolute Gasteiger partial charge is 0.294 e. The van der Waals surface area contributed by atoms with Gasteiger partial charge in [0.15, 0.2) is 5.82 Å². The van der Waals surface area contributed by atoms with Gasteiger partial charge in [-0.1, -0.05) is 19.1 Å². The minimum absolute atomic E-state index is 0.0407. The zero-order valence-electron chi connectivity index (χ0n) is 12.7. The molecule has 0 saturated heterocycles. The van der Waals surface area contributed by atoms with Gasteiger partial charge < -0.3 is 9.88 Å². The van der Waals surface area contributed by atoms with Crippen molar-refractivity contribution in [1.82, 2.24) is 14.5 Å². The van der Waals surface area contributed by atoms with Gasteiger partial charge in [0.1, 0.15) is 0 Å². The highest BCUT2D eigenvalue weighted by molar-refractivity contribution is 6.03. The van der Waals surface area contributed by atoms with Crippen LogP contribution in [0.25, 0.3) is 11.0 Å². The molecule has 0 unspecified atom stereocenters. The second kappa shape index (κ2) is 6.39. The first-order chi connectivity index (χ1) is 11.2. The number of hydrogen-bond acceptors (Lipinski definition) is 4. The molecule has 3 rings (SSSR count). The van der Waals surface area contributed by atoms with Crippen molar-refractivity contribution in [2.24, 2.45) is 0 Å². The molecule has 0 radical (unpaired) electrons. The molecule has 1 aromatic carbocycles. The van der Waals surface area contributed by atoms with Gasteiger partial charge in [-0.2, -0.15) is 0 Å². The molecule has 0 fully saturated rings. The number of anilines is 1. The molecule has 0 spiro atoms. The maximum Gasteiger partial charge on any atom is 0.294 e. The molecule has 2 heterocycles. The molecule has 0 aliphatic heterocycles. The van der Waals surface area contributed by atoms with Crippen LogP contribution in [-0.2, 0) is 6.54 Å². The van der Waals surface area contributed by atoms with Gasteiger partial charge in [-0.25, -0.2) is 4.98 Å². The summed E-state index contributed by atoms with van der Waals surface area (Å²) in [7, 11) is 0. The third-order valence-electron chi connectivity index (χ3n) is 3.47. The normalized spacial score (nSPS) is 10.7. The van der Waals surface area contributed by atoms with Gasteiger partial charge in [-0.3, -0.25) is 14.6 Å². The van der Waals surface area contributed by atoms with E-state index in [-0.39, 0.29) is 17.3 Å². The molecule has 0 aliphatic carbocycles. The summed E-state index contributed by atoms with van der Waals surface area (Å²) in [6, 6.07) is 10.6. The Hall–Kier alpha value is -3.02. The first-order valence-electron chi connectivity index (χ1n) is 7.41. The molecule has 1 amide bonds. The first kappa shape index (κ1) is 14.9. The number of nitrogens with one attached hydrogen (secondary N) is 1. The van der Waals surface area contributed by atoms with E-state index in [1.54, 1.807) is 16.7 Å². The summed E-state index contributed by atoms with van der Waals surface area (Å²) in [4.78, 5) is 33.0. The molecule has 2 aromatic heterocycles. The number of para-hydroxylation sites is 2. The number of nitrogens with zero attached hydrogens (tertiary/aromatic N) is 3. The number of hydrogen-bond donors (Lipinski definition) is 1. The van der Waals surface area contributed by atoms with Gasteiger partial charge in [0.05, 0.1) is 11.0 Å². The average molecular weight is 308 g/mol. The molecular formula is C17H16N4O2. The Bertz CT molecular complexity index is 903. The summed E-state index contributed by atoms with van der Waals surface area (Å²) >= 11 is 0. The number of pyridine rings is 1. The predicted octanol–water partition coefficient (Wildman–Crippen LogP) is 2.45. The van der Waals surface area contributed by atoms with Crippen LogP contribution < -0.4 is 10.9 Å². The van der Waals surface area contributed by atoms with Crippen molar-refractivity contribution in [2.75, 3.05) is 5.32 Å². The average Bonchev–Trinajstić information content (AvgIpc) is 2.59. The summed E-state index contributed by atoms with van der Waals surface area (Å²) in [5, 5.41) is 2.61. The third-order valence-corrected chi connectivity index (χ3v) is 3.47. The van der Waals surface area contributed by atoms with E-state index in [1.807, 2.05) is 31.2 Å². The Morgan fingerprint density at radius 1 is 1.17 bits per heavy atom. The molecule has 0 aliphatic rings. The predicted molar refractivity (Wildman–Crippen MR) is 88.5 cm³/mol. The molecule has 23 heavy (non-hydrogen) atoms. The lowest BCUT2D eigenvalue weighted by Crippen LogP contribution is -2.27. The van der Waals surface area contributed by atoms with Crippen LogP contribution in [0.3, 0.4) is 0 Å². The van der Waals surface area contributed by atoms with Crippen LogP contribution in [0.1, 0.15) is 23.7 Å². The second-order valence-electron chi connectivity index (χ2n) is 5.10. The number of aryl methyl sites for hydroxylation is 1. The highest BCUT2D eigenvalue weighted by Gasteiger charge is 2.13. The molecule has 6 nitrogen and oxygen atoms in total. The fourth-order valence-electron chi connectivity index (χ4n) is 2.40. The summed E-state index contributed by atoms with van der Waals surface area (Å²) in [5.41, 5.74) is 1.57. The second-order valence-corrected chi connectivity index (χ2v) is 5.10. The molecule has 1 N–H and O–H groups in total. The Kier molecular flexibility index (Phi) is 4.14. The summed E-state index contributed by atoms with van der Waals surface area (Å²) in [5.74, 6) is -0.339. The SMILES string of the molecule is CCCn1c(=O)c(NC(=O)c2ccncc2)nc2ccccc21. The Morgan fingerprint density at radius 3 is 2.65 bits per heavy atom. The van der Waals surface area contributed by atoms with Gasteiger partial charge in [0.2, 0.25) is 0 Å². The Morgan fingerprint density at radius 2 is 1.91 bits per heavy atom. The number of carbonyl (C=O) groups is 1. The summed E-state index contributed by atoms with van der Waals surface area (Å²) in [6.45, 7) is 2.57. The summed E-state index contributed by atoms with van der Waals surface area (Å²) in [6.07, 6.45) is 3.86. The molecule has 0 atom stereocenters. The summed E-state index contributed by atoms with van der Waals surface area (Å²) < 4.78 is 1.64. The number of rotatable bonds is 4. The molecule has 3 aromatic rings. The van der Waals surface area contributed by atoms with Crippen molar-refractivity contribution < 1.29 is 4.79 Å². The minimum Gasteiger partial charge on any atom is -0.304 e. The van der Waals surface area contributed by atoms with Gasteiger partial charge in [0.25, 0.3) is 11.5 Å². The van der Waals surface area contributed by atoms with Gasteiger partial charge in [-0.15, -0.1) is 0 Å². The number of fused-ring (bicyclic) bond motifs is 1. The standard InChI is InChI=1S/C17H16N4O2/c1-2-11-21-14-6-4-3-5-13(14)19-15(17(21)23)20-16(22)12-7-9-18-10-8-12/h3-10H,2,11H2,1H3,(H,19,20,22). The van der Waals surface area contributed by atoms with Crippen LogP contribution in [0, 0.1) is 0 Å². The number of amides is 1. The Labute approximate surface area is 132 Å². The lowest BCUT2D eigenvalue weighted by atomic mass is 10.2. The van der Waals surface area contributed by atoms with Crippen LogP contribution in [0.5, 0.6) is 0 Å². The van der Waals surface area contributed by atoms with E-state index >= 15 is 0 Å². The first-order valence-corrected chi connectivity index (χ1v) is 7.41. The topological polar surface area (TPSA) is 76.9 Å². The zero-order valence-corrected chi connectivity index (χ0v) is 12.7. The van der Waals surface area contributed by atoms with E-state index in [1.165, 1.54) is 12.4 Å². The lowest BCUT2D eigenvalue weighted by molar-refractivity contribution is 0.102. The zero-order chi connectivity index (χ0) is 16.2.